The molecule has 0 unspecified atom stereocenters. The summed E-state index contributed by atoms with van der Waals surface area (Å²) in [6.45, 7) is 5.04. The van der Waals surface area contributed by atoms with Gasteiger partial charge in [-0.25, -0.2) is 9.97 Å². The van der Waals surface area contributed by atoms with Crippen molar-refractivity contribution in [3.8, 4) is 0 Å². The average Bonchev–Trinajstić information content (AvgIpc) is 2.95. The van der Waals surface area contributed by atoms with E-state index < -0.39 is 0 Å². The van der Waals surface area contributed by atoms with Gasteiger partial charge in [0.1, 0.15) is 17.7 Å². The van der Waals surface area contributed by atoms with Gasteiger partial charge in [0.15, 0.2) is 0 Å². The number of rotatable bonds is 5. The minimum Gasteiger partial charge on any atom is -0.350 e. The Morgan fingerprint density at radius 1 is 1.50 bits per heavy atom. The number of nitrogens with one attached hydrogen (secondary N) is 1. The third-order valence-corrected chi connectivity index (χ3v) is 3.62. The normalized spacial score (nSPS) is 10.6. The molecule has 18 heavy (non-hydrogen) atoms. The number of thiazole rings is 1. The van der Waals surface area contributed by atoms with Crippen LogP contribution in [0.1, 0.15) is 22.0 Å². The Labute approximate surface area is 109 Å². The molecule has 2 heterocycles. The van der Waals surface area contributed by atoms with Crippen LogP contribution >= 0.6 is 11.3 Å². The van der Waals surface area contributed by atoms with Crippen LogP contribution in [0.2, 0.25) is 0 Å². The van der Waals surface area contributed by atoms with Crippen molar-refractivity contribution in [3.63, 3.8) is 0 Å². The Morgan fingerprint density at radius 3 is 2.94 bits per heavy atom. The van der Waals surface area contributed by atoms with E-state index in [1.54, 1.807) is 22.3 Å². The highest BCUT2D eigenvalue weighted by Gasteiger charge is 2.06. The molecule has 0 aromatic carbocycles. The van der Waals surface area contributed by atoms with Gasteiger partial charge in [-0.05, 0) is 13.8 Å². The van der Waals surface area contributed by atoms with Crippen molar-refractivity contribution in [1.29, 1.82) is 0 Å². The van der Waals surface area contributed by atoms with Gasteiger partial charge in [-0.15, -0.1) is 11.3 Å². The van der Waals surface area contributed by atoms with Crippen molar-refractivity contribution >= 4 is 17.2 Å². The first-order valence-electron chi connectivity index (χ1n) is 5.67. The third-order valence-electron chi connectivity index (χ3n) is 2.54. The molecule has 2 rings (SSSR count). The Balaban J connectivity index is 1.74. The summed E-state index contributed by atoms with van der Waals surface area (Å²) >= 11 is 1.62. The van der Waals surface area contributed by atoms with Crippen LogP contribution in [-0.2, 0) is 17.9 Å². The summed E-state index contributed by atoms with van der Waals surface area (Å²) in [6, 6.07) is 0. The fourth-order valence-electron chi connectivity index (χ4n) is 1.44. The summed E-state index contributed by atoms with van der Waals surface area (Å²) in [5, 5.41) is 7.73. The zero-order chi connectivity index (χ0) is 13.0. The molecule has 6 nitrogen and oxygen atoms in total. The molecule has 1 N–H and O–H groups in total. The number of hydrogen-bond acceptors (Lipinski definition) is 5. The van der Waals surface area contributed by atoms with Gasteiger partial charge in [0, 0.05) is 11.3 Å². The molecule has 7 heteroatoms. The minimum atomic E-state index is -0.00370. The van der Waals surface area contributed by atoms with Crippen molar-refractivity contribution in [3.05, 3.63) is 28.2 Å². The van der Waals surface area contributed by atoms with E-state index >= 15 is 0 Å². The van der Waals surface area contributed by atoms with Crippen LogP contribution in [0.4, 0.5) is 0 Å². The van der Waals surface area contributed by atoms with Crippen LogP contribution in [0.3, 0.4) is 0 Å². The second kappa shape index (κ2) is 5.72. The predicted molar refractivity (Wildman–Crippen MR) is 68.1 cm³/mol. The first-order valence-corrected chi connectivity index (χ1v) is 6.49. The Morgan fingerprint density at radius 2 is 2.33 bits per heavy atom. The summed E-state index contributed by atoms with van der Waals surface area (Å²) in [6.07, 6.45) is 3.45. The molecule has 0 saturated carbocycles. The fourth-order valence-corrected chi connectivity index (χ4v) is 2.32. The second-order valence-corrected chi connectivity index (χ2v) is 5.22. The molecule has 0 saturated heterocycles. The van der Waals surface area contributed by atoms with Gasteiger partial charge in [-0.2, -0.15) is 5.10 Å². The molecule has 0 aliphatic carbocycles. The molecule has 0 atom stereocenters. The van der Waals surface area contributed by atoms with Crippen molar-refractivity contribution in [1.82, 2.24) is 25.1 Å². The van der Waals surface area contributed by atoms with Gasteiger partial charge in [0.25, 0.3) is 0 Å². The molecule has 0 bridgehead atoms. The average molecular weight is 265 g/mol. The summed E-state index contributed by atoms with van der Waals surface area (Å²) in [4.78, 5) is 21.0. The van der Waals surface area contributed by atoms with E-state index in [2.05, 4.69) is 20.4 Å². The Hall–Kier alpha value is -1.76. The lowest BCUT2D eigenvalue weighted by atomic mass is 10.4. The zero-order valence-electron chi connectivity index (χ0n) is 10.4. The molecule has 0 spiro atoms. The van der Waals surface area contributed by atoms with Crippen molar-refractivity contribution in [2.45, 2.75) is 33.4 Å². The number of aryl methyl sites for hydroxylation is 3. The second-order valence-electron chi connectivity index (χ2n) is 3.93. The quantitative estimate of drug-likeness (QED) is 0.877. The largest absolute Gasteiger partial charge is 0.350 e. The van der Waals surface area contributed by atoms with E-state index in [4.69, 9.17) is 0 Å². The highest BCUT2D eigenvalue weighted by molar-refractivity contribution is 7.11. The molecule has 0 radical (unpaired) electrons. The minimum absolute atomic E-state index is 0.00370. The van der Waals surface area contributed by atoms with E-state index in [9.17, 15) is 4.79 Å². The number of nitrogens with zero attached hydrogens (tertiary/aromatic N) is 4. The van der Waals surface area contributed by atoms with Gasteiger partial charge in [0.05, 0.1) is 18.8 Å². The van der Waals surface area contributed by atoms with E-state index in [1.807, 2.05) is 13.8 Å². The van der Waals surface area contributed by atoms with Crippen LogP contribution in [0.15, 0.2) is 12.7 Å². The lowest BCUT2D eigenvalue weighted by Gasteiger charge is -2.02. The van der Waals surface area contributed by atoms with Crippen LogP contribution in [0.5, 0.6) is 0 Å². The van der Waals surface area contributed by atoms with Crippen molar-refractivity contribution < 1.29 is 4.79 Å². The number of carbonyl (C=O) groups excluding carboxylic acids is 1. The van der Waals surface area contributed by atoms with Gasteiger partial charge in [0.2, 0.25) is 5.91 Å². The molecule has 96 valence electrons. The maximum absolute atomic E-state index is 11.6. The predicted octanol–water partition coefficient (Wildman–Crippen LogP) is 1.06. The number of amides is 1. The first-order chi connectivity index (χ1) is 8.65. The van der Waals surface area contributed by atoms with Gasteiger partial charge < -0.3 is 5.32 Å². The Bertz CT molecular complexity index is 500. The standard InChI is InChI=1S/C11H15N5OS/c1-8-9(2)18-11(15-8)5-13-10(17)3-4-16-7-12-6-14-16/h6-7H,3-5H2,1-2H3,(H,13,17). The maximum atomic E-state index is 11.6. The summed E-state index contributed by atoms with van der Waals surface area (Å²) in [7, 11) is 0. The van der Waals surface area contributed by atoms with Crippen molar-refractivity contribution in [2.24, 2.45) is 0 Å². The van der Waals surface area contributed by atoms with E-state index in [1.165, 1.54) is 11.2 Å². The van der Waals surface area contributed by atoms with Gasteiger partial charge in [-0.3, -0.25) is 9.48 Å². The Kier molecular flexibility index (Phi) is 4.03. The van der Waals surface area contributed by atoms with E-state index in [-0.39, 0.29) is 5.91 Å². The molecule has 0 fully saturated rings. The molecule has 1 amide bonds. The van der Waals surface area contributed by atoms with E-state index in [0.29, 0.717) is 19.5 Å². The fraction of sp³-hybridized carbons (Fsp3) is 0.455. The lowest BCUT2D eigenvalue weighted by Crippen LogP contribution is -2.23. The topological polar surface area (TPSA) is 72.7 Å². The molecule has 0 aliphatic heterocycles. The highest BCUT2D eigenvalue weighted by Crippen LogP contribution is 2.15. The maximum Gasteiger partial charge on any atom is 0.222 e. The van der Waals surface area contributed by atoms with Gasteiger partial charge in [-0.1, -0.05) is 0 Å². The summed E-state index contributed by atoms with van der Waals surface area (Å²) < 4.78 is 1.64. The molecular formula is C11H15N5OS. The smallest absolute Gasteiger partial charge is 0.222 e. The summed E-state index contributed by atoms with van der Waals surface area (Å²) in [5.41, 5.74) is 1.03. The SMILES string of the molecule is Cc1nc(CNC(=O)CCn2cncn2)sc1C. The monoisotopic (exact) mass is 265 g/mol. The van der Waals surface area contributed by atoms with Crippen molar-refractivity contribution in [2.75, 3.05) is 0 Å². The number of hydrogen-bond donors (Lipinski definition) is 1. The highest BCUT2D eigenvalue weighted by atomic mass is 32.1. The van der Waals surface area contributed by atoms with Crippen LogP contribution in [0.25, 0.3) is 0 Å². The van der Waals surface area contributed by atoms with Crippen LogP contribution in [-0.4, -0.2) is 25.7 Å². The number of carbonyl (C=O) groups is 1. The van der Waals surface area contributed by atoms with Gasteiger partial charge >= 0.3 is 0 Å². The number of aromatic nitrogens is 4. The lowest BCUT2D eigenvalue weighted by molar-refractivity contribution is -0.121. The molecule has 2 aromatic rings. The van der Waals surface area contributed by atoms with Crippen LogP contribution < -0.4 is 5.32 Å². The van der Waals surface area contributed by atoms with E-state index in [0.717, 1.165) is 10.7 Å². The molecular weight excluding hydrogens is 250 g/mol. The zero-order valence-corrected chi connectivity index (χ0v) is 11.2. The summed E-state index contributed by atoms with van der Waals surface area (Å²) in [5.74, 6) is -0.00370. The third kappa shape index (κ3) is 3.36. The van der Waals surface area contributed by atoms with Crippen LogP contribution in [0, 0.1) is 13.8 Å². The molecule has 2 aromatic heterocycles. The molecule has 0 aliphatic rings. The first kappa shape index (κ1) is 12.7.